The number of nitrogens with one attached hydrogen (secondary N) is 3. The van der Waals surface area contributed by atoms with Crippen molar-refractivity contribution in [3.05, 3.63) is 78.5 Å². The summed E-state index contributed by atoms with van der Waals surface area (Å²) >= 11 is 0. The van der Waals surface area contributed by atoms with Gasteiger partial charge in [-0.15, -0.1) is 0 Å². The van der Waals surface area contributed by atoms with Crippen LogP contribution >= 0.6 is 0 Å². The number of hydrogen-bond donors (Lipinski definition) is 3. The third-order valence-electron chi connectivity index (χ3n) is 10.9. The minimum atomic E-state index is -3.90. The molecule has 5 heterocycles. The summed E-state index contributed by atoms with van der Waals surface area (Å²) in [5, 5.41) is 7.55. The molecule has 55 heavy (non-hydrogen) atoms. The van der Waals surface area contributed by atoms with Crippen LogP contribution in [0.2, 0.25) is 0 Å². The van der Waals surface area contributed by atoms with Gasteiger partial charge in [0, 0.05) is 35.5 Å². The molecule has 15 nitrogen and oxygen atoms in total. The highest BCUT2D eigenvalue weighted by atomic mass is 32.2. The Labute approximate surface area is 317 Å². The number of aryl methyl sites for hydroxylation is 1. The van der Waals surface area contributed by atoms with Gasteiger partial charge in [0.05, 0.1) is 23.7 Å². The number of carbonyl (C=O) groups excluding carboxylic acids is 4. The highest BCUT2D eigenvalue weighted by Gasteiger charge is 2.62. The van der Waals surface area contributed by atoms with E-state index in [0.717, 1.165) is 29.0 Å². The van der Waals surface area contributed by atoms with E-state index in [1.54, 1.807) is 13.1 Å². The van der Waals surface area contributed by atoms with Crippen LogP contribution in [0.4, 0.5) is 0 Å². The van der Waals surface area contributed by atoms with Gasteiger partial charge in [0.15, 0.2) is 5.65 Å². The van der Waals surface area contributed by atoms with E-state index in [4.69, 9.17) is 9.72 Å². The predicted molar refractivity (Wildman–Crippen MR) is 201 cm³/mol. The third-order valence-corrected chi connectivity index (χ3v) is 12.7. The number of pyridine rings is 2. The van der Waals surface area contributed by atoms with E-state index < -0.39 is 68.5 Å². The van der Waals surface area contributed by atoms with Gasteiger partial charge in [-0.05, 0) is 69.0 Å². The lowest BCUT2D eigenvalue weighted by Crippen LogP contribution is -2.58. The molecule has 0 spiro atoms. The molecule has 4 amide bonds. The number of fused-ring (bicyclic) bond motifs is 5. The molecule has 4 aromatic rings. The fourth-order valence-electron chi connectivity index (χ4n) is 7.59. The molecule has 0 bridgehead atoms. The van der Waals surface area contributed by atoms with E-state index in [2.05, 4.69) is 30.3 Å². The van der Waals surface area contributed by atoms with Gasteiger partial charge in [-0.25, -0.2) is 18.4 Å². The van der Waals surface area contributed by atoms with Crippen molar-refractivity contribution in [1.29, 1.82) is 0 Å². The van der Waals surface area contributed by atoms with Crippen molar-refractivity contribution in [2.24, 2.45) is 5.92 Å². The van der Waals surface area contributed by atoms with E-state index in [0.29, 0.717) is 49.3 Å². The van der Waals surface area contributed by atoms with Gasteiger partial charge >= 0.3 is 0 Å². The first kappa shape index (κ1) is 36.5. The van der Waals surface area contributed by atoms with Crippen molar-refractivity contribution in [2.75, 3.05) is 6.54 Å². The van der Waals surface area contributed by atoms with Crippen LogP contribution in [-0.2, 0) is 24.4 Å². The maximum absolute atomic E-state index is 14.6. The molecular formula is C39H42N8O7S. The molecule has 286 valence electrons. The number of allylic oxidation sites excluding steroid dienone is 1. The average Bonchev–Trinajstić information content (AvgIpc) is 4.11. The minimum Gasteiger partial charge on any atom is -0.472 e. The highest BCUT2D eigenvalue weighted by molar-refractivity contribution is 7.91. The molecule has 16 heteroatoms. The summed E-state index contributed by atoms with van der Waals surface area (Å²) in [5.74, 6) is -2.63. The second-order valence-corrected chi connectivity index (χ2v) is 16.9. The molecule has 3 fully saturated rings. The van der Waals surface area contributed by atoms with Gasteiger partial charge in [-0.2, -0.15) is 4.98 Å². The normalized spacial score (nSPS) is 26.5. The number of nitrogens with zero attached hydrogens (tertiary/aromatic N) is 5. The second-order valence-electron chi connectivity index (χ2n) is 14.9. The fraction of sp³-hybridized carbons (Fsp3) is 0.436. The summed E-state index contributed by atoms with van der Waals surface area (Å²) in [7, 11) is -3.90. The summed E-state index contributed by atoms with van der Waals surface area (Å²) in [6, 6.07) is 9.23. The zero-order valence-electron chi connectivity index (χ0n) is 30.3. The van der Waals surface area contributed by atoms with Crippen LogP contribution in [-0.4, -0.2) is 92.4 Å². The van der Waals surface area contributed by atoms with Crippen molar-refractivity contribution >= 4 is 55.5 Å². The fourth-order valence-corrected chi connectivity index (χ4v) is 8.96. The Morgan fingerprint density at radius 2 is 1.76 bits per heavy atom. The van der Waals surface area contributed by atoms with Crippen LogP contribution in [0.15, 0.2) is 67.1 Å². The molecular weight excluding hydrogens is 725 g/mol. The van der Waals surface area contributed by atoms with E-state index in [9.17, 15) is 27.6 Å². The van der Waals surface area contributed by atoms with Crippen molar-refractivity contribution in [3.8, 4) is 5.88 Å². The van der Waals surface area contributed by atoms with Gasteiger partial charge in [0.1, 0.15) is 29.4 Å². The van der Waals surface area contributed by atoms with Gasteiger partial charge in [0.25, 0.3) is 11.8 Å². The van der Waals surface area contributed by atoms with Crippen molar-refractivity contribution in [1.82, 2.24) is 40.2 Å². The summed E-state index contributed by atoms with van der Waals surface area (Å²) in [4.78, 5) is 75.2. The number of aromatic nitrogens is 4. The Hall–Kier alpha value is -5.51. The molecule has 2 saturated carbocycles. The quantitative estimate of drug-likeness (QED) is 0.184. The Balaban J connectivity index is 1.12. The van der Waals surface area contributed by atoms with E-state index in [1.807, 2.05) is 48.6 Å². The molecule has 1 unspecified atom stereocenters. The minimum absolute atomic E-state index is 0.0253. The number of rotatable bonds is 7. The number of ether oxygens (including phenoxy) is 1. The van der Waals surface area contributed by atoms with Crippen LogP contribution in [0.1, 0.15) is 74.0 Å². The average molecular weight is 767 g/mol. The molecule has 1 aromatic carbocycles. The van der Waals surface area contributed by atoms with E-state index >= 15 is 0 Å². The standard InChI is InChI=1S/C39H42N8O7S/c1-23-20-42-31(21-41-23)34(48)43-30-14-6-4-2-3-5-10-24-19-39(24,38(51)46-55(52,53)26-15-16-26)45-35(49)32-18-25(22-47(32)37(30)50)54-36-29-12-8-7-11-27(29)28-13-9-17-40-33(28)44-36/h5,7-13,17,20-21,24-26,30,32H,2-4,6,14-16,18-19,22H2,1H3,(H,43,48)(H,45,49)(H,46,51)/b10-5-/t24?,25-,30+,32+,39-/m1/s1. The Bertz CT molecular complexity index is 2320. The largest absolute Gasteiger partial charge is 0.472 e. The maximum Gasteiger partial charge on any atom is 0.272 e. The second kappa shape index (κ2) is 14.6. The number of hydrogen-bond acceptors (Lipinski definition) is 11. The Morgan fingerprint density at radius 1 is 0.964 bits per heavy atom. The van der Waals surface area contributed by atoms with Crippen LogP contribution in [0, 0.1) is 12.8 Å². The number of amides is 4. The smallest absolute Gasteiger partial charge is 0.272 e. The molecule has 5 atom stereocenters. The summed E-state index contributed by atoms with van der Waals surface area (Å²) in [6.45, 7) is 1.73. The number of carbonyl (C=O) groups is 4. The first-order chi connectivity index (χ1) is 26.5. The van der Waals surface area contributed by atoms with Crippen LogP contribution in [0.3, 0.4) is 0 Å². The summed E-state index contributed by atoms with van der Waals surface area (Å²) in [6.07, 6.45) is 11.9. The molecule has 8 rings (SSSR count). The molecule has 1 saturated heterocycles. The number of sulfonamides is 1. The lowest BCUT2D eigenvalue weighted by Gasteiger charge is -2.29. The topological polar surface area (TPSA) is 203 Å². The number of benzene rings is 1. The molecule has 3 aromatic heterocycles. The molecule has 4 aliphatic rings. The molecule has 2 aliphatic heterocycles. The lowest BCUT2D eigenvalue weighted by molar-refractivity contribution is -0.141. The maximum atomic E-state index is 14.6. The monoisotopic (exact) mass is 766 g/mol. The first-order valence-electron chi connectivity index (χ1n) is 18.8. The van der Waals surface area contributed by atoms with Gasteiger partial charge in [-0.3, -0.25) is 28.9 Å². The third kappa shape index (κ3) is 7.46. The van der Waals surface area contributed by atoms with E-state index in [-0.39, 0.29) is 25.1 Å². The van der Waals surface area contributed by atoms with Crippen LogP contribution in [0.5, 0.6) is 5.88 Å². The Morgan fingerprint density at radius 3 is 2.55 bits per heavy atom. The zero-order chi connectivity index (χ0) is 38.3. The van der Waals surface area contributed by atoms with Crippen LogP contribution in [0.25, 0.3) is 21.8 Å². The highest BCUT2D eigenvalue weighted by Crippen LogP contribution is 2.46. The van der Waals surface area contributed by atoms with Gasteiger partial charge in [0.2, 0.25) is 27.7 Å². The molecule has 2 aliphatic carbocycles. The van der Waals surface area contributed by atoms with E-state index in [1.165, 1.54) is 17.3 Å². The zero-order valence-corrected chi connectivity index (χ0v) is 31.1. The van der Waals surface area contributed by atoms with Crippen LogP contribution < -0.4 is 20.1 Å². The lowest BCUT2D eigenvalue weighted by atomic mass is 10.0. The van der Waals surface area contributed by atoms with Gasteiger partial charge in [-0.1, -0.05) is 43.2 Å². The SMILES string of the molecule is Cc1cnc(C(=O)N[C@H]2CCCCC/C=C\C3C[C@@]3(C(=O)NS(=O)(=O)C3CC3)NC(=O)[C@@H]3C[C@@H](Oc4nc5ncccc5c5ccccc45)CN3C2=O)cn1. The Kier molecular flexibility index (Phi) is 9.69. The summed E-state index contributed by atoms with van der Waals surface area (Å²) in [5.41, 5.74) is -0.357. The van der Waals surface area contributed by atoms with Gasteiger partial charge < -0.3 is 20.3 Å². The van der Waals surface area contributed by atoms with Crippen molar-refractivity contribution in [3.63, 3.8) is 0 Å². The first-order valence-corrected chi connectivity index (χ1v) is 20.3. The van der Waals surface area contributed by atoms with Crippen molar-refractivity contribution in [2.45, 2.75) is 93.7 Å². The van der Waals surface area contributed by atoms with Crippen molar-refractivity contribution < 1.29 is 32.3 Å². The summed E-state index contributed by atoms with van der Waals surface area (Å²) < 4.78 is 34.5. The molecule has 3 N–H and O–H groups in total. The molecule has 0 radical (unpaired) electrons. The predicted octanol–water partition coefficient (Wildman–Crippen LogP) is 3.03.